The van der Waals surface area contributed by atoms with Crippen LogP contribution in [0.4, 0.5) is 0 Å². The van der Waals surface area contributed by atoms with Crippen molar-refractivity contribution in [3.05, 3.63) is 41.0 Å². The molecule has 0 saturated carbocycles. The second kappa shape index (κ2) is 8.28. The van der Waals surface area contributed by atoms with Crippen LogP contribution in [-0.2, 0) is 0 Å². The molecule has 0 spiro atoms. The maximum absolute atomic E-state index is 12.2. The number of aromatic nitrogens is 2. The highest BCUT2D eigenvalue weighted by Crippen LogP contribution is 2.20. The Morgan fingerprint density at radius 1 is 1.25 bits per heavy atom. The zero-order valence-electron chi connectivity index (χ0n) is 13.5. The summed E-state index contributed by atoms with van der Waals surface area (Å²) >= 11 is 5.88. The van der Waals surface area contributed by atoms with Crippen LogP contribution in [0.5, 0.6) is 0 Å². The highest BCUT2D eigenvalue weighted by molar-refractivity contribution is 6.30. The Kier molecular flexibility index (Phi) is 5.85. The molecule has 1 amide bonds. The molecule has 1 aliphatic rings. The summed E-state index contributed by atoms with van der Waals surface area (Å²) < 4.78 is 0. The van der Waals surface area contributed by atoms with Crippen molar-refractivity contribution >= 4 is 17.5 Å². The van der Waals surface area contributed by atoms with Gasteiger partial charge in [-0.1, -0.05) is 23.7 Å². The van der Waals surface area contributed by atoms with E-state index in [1.54, 1.807) is 18.2 Å². The van der Waals surface area contributed by atoms with Crippen molar-refractivity contribution in [1.82, 2.24) is 25.7 Å². The van der Waals surface area contributed by atoms with Crippen LogP contribution in [0.25, 0.3) is 11.3 Å². The number of aromatic amines is 1. The number of amides is 1. The zero-order valence-corrected chi connectivity index (χ0v) is 14.3. The minimum atomic E-state index is -0.122. The van der Waals surface area contributed by atoms with Crippen LogP contribution in [0.3, 0.4) is 0 Å². The second-order valence-corrected chi connectivity index (χ2v) is 6.31. The lowest BCUT2D eigenvalue weighted by molar-refractivity contribution is 0.0946. The summed E-state index contributed by atoms with van der Waals surface area (Å²) in [6, 6.07) is 9.14. The predicted octanol–water partition coefficient (Wildman–Crippen LogP) is 1.76. The summed E-state index contributed by atoms with van der Waals surface area (Å²) in [5.41, 5.74) is 2.13. The fourth-order valence-corrected chi connectivity index (χ4v) is 2.87. The standard InChI is InChI=1S/C17H22ClN5O/c18-14-4-2-13(3-5-14)15-12-16(22-21-15)17(24)20-6-1-9-23-10-7-19-8-11-23/h2-5,12,19H,1,6-11H2,(H,20,24)(H,21,22). The summed E-state index contributed by atoms with van der Waals surface area (Å²) in [7, 11) is 0. The Balaban J connectivity index is 1.46. The lowest BCUT2D eigenvalue weighted by Gasteiger charge is -2.26. The van der Waals surface area contributed by atoms with Gasteiger partial charge < -0.3 is 15.5 Å². The first-order valence-corrected chi connectivity index (χ1v) is 8.63. The van der Waals surface area contributed by atoms with Gasteiger partial charge in [0.1, 0.15) is 5.69 Å². The van der Waals surface area contributed by atoms with Crippen LogP contribution in [-0.4, -0.2) is 60.3 Å². The van der Waals surface area contributed by atoms with Crippen LogP contribution in [0, 0.1) is 0 Å². The van der Waals surface area contributed by atoms with Crippen molar-refractivity contribution in [2.24, 2.45) is 0 Å². The molecule has 2 aromatic rings. The first-order chi connectivity index (χ1) is 11.7. The molecule has 6 nitrogen and oxygen atoms in total. The molecule has 2 heterocycles. The Morgan fingerprint density at radius 3 is 2.75 bits per heavy atom. The molecule has 3 N–H and O–H groups in total. The normalized spacial score (nSPS) is 15.4. The smallest absolute Gasteiger partial charge is 0.269 e. The Morgan fingerprint density at radius 2 is 2.00 bits per heavy atom. The number of benzene rings is 1. The topological polar surface area (TPSA) is 73.1 Å². The molecule has 0 atom stereocenters. The van der Waals surface area contributed by atoms with Gasteiger partial charge >= 0.3 is 0 Å². The van der Waals surface area contributed by atoms with E-state index in [1.807, 2.05) is 12.1 Å². The predicted molar refractivity (Wildman–Crippen MR) is 95.3 cm³/mol. The summed E-state index contributed by atoms with van der Waals surface area (Å²) in [6.45, 7) is 5.94. The van der Waals surface area contributed by atoms with Crippen molar-refractivity contribution in [3.8, 4) is 11.3 Å². The molecule has 0 bridgehead atoms. The fourth-order valence-electron chi connectivity index (χ4n) is 2.74. The lowest BCUT2D eigenvalue weighted by atomic mass is 10.1. The van der Waals surface area contributed by atoms with Crippen molar-refractivity contribution in [1.29, 1.82) is 0 Å². The van der Waals surface area contributed by atoms with Gasteiger partial charge in [0.25, 0.3) is 5.91 Å². The third-order valence-corrected chi connectivity index (χ3v) is 4.36. The monoisotopic (exact) mass is 347 g/mol. The molecule has 1 aliphatic heterocycles. The van der Waals surface area contributed by atoms with E-state index in [4.69, 9.17) is 11.6 Å². The molecule has 24 heavy (non-hydrogen) atoms. The number of nitrogens with zero attached hydrogens (tertiary/aromatic N) is 2. The fraction of sp³-hybridized carbons (Fsp3) is 0.412. The molecule has 7 heteroatoms. The number of H-pyrrole nitrogens is 1. The Labute approximate surface area is 146 Å². The third-order valence-electron chi connectivity index (χ3n) is 4.11. The molecule has 3 rings (SSSR count). The van der Waals surface area contributed by atoms with E-state index >= 15 is 0 Å². The molecule has 128 valence electrons. The first-order valence-electron chi connectivity index (χ1n) is 8.25. The molecular weight excluding hydrogens is 326 g/mol. The van der Waals surface area contributed by atoms with Crippen molar-refractivity contribution in [2.45, 2.75) is 6.42 Å². The van der Waals surface area contributed by atoms with Gasteiger partial charge in [-0.05, 0) is 31.2 Å². The van der Waals surface area contributed by atoms with Gasteiger partial charge in [0.2, 0.25) is 0 Å². The highest BCUT2D eigenvalue weighted by atomic mass is 35.5. The number of halogens is 1. The van der Waals surface area contributed by atoms with E-state index in [0.29, 0.717) is 17.3 Å². The average Bonchev–Trinajstić information content (AvgIpc) is 3.10. The summed E-state index contributed by atoms with van der Waals surface area (Å²) in [5.74, 6) is -0.122. The largest absolute Gasteiger partial charge is 0.351 e. The third kappa shape index (κ3) is 4.56. The van der Waals surface area contributed by atoms with Crippen molar-refractivity contribution < 1.29 is 4.79 Å². The number of hydrogen-bond acceptors (Lipinski definition) is 4. The van der Waals surface area contributed by atoms with Crippen LogP contribution in [0.15, 0.2) is 30.3 Å². The van der Waals surface area contributed by atoms with E-state index in [1.165, 1.54) is 0 Å². The number of hydrogen-bond donors (Lipinski definition) is 3. The zero-order chi connectivity index (χ0) is 16.8. The molecule has 0 radical (unpaired) electrons. The molecule has 0 aliphatic carbocycles. The molecule has 1 aromatic heterocycles. The molecule has 1 fully saturated rings. The van der Waals surface area contributed by atoms with Crippen LogP contribution >= 0.6 is 11.6 Å². The number of carbonyl (C=O) groups excluding carboxylic acids is 1. The maximum Gasteiger partial charge on any atom is 0.269 e. The summed E-state index contributed by atoms with van der Waals surface area (Å²) in [5, 5.41) is 13.9. The SMILES string of the molecule is O=C(NCCCN1CCNCC1)c1cc(-c2ccc(Cl)cc2)n[nH]1. The molecular formula is C17H22ClN5O. The van der Waals surface area contributed by atoms with Gasteiger partial charge in [-0.2, -0.15) is 5.10 Å². The Hall–Kier alpha value is -1.89. The van der Waals surface area contributed by atoms with Gasteiger partial charge in [0, 0.05) is 43.3 Å². The molecule has 0 unspecified atom stereocenters. The van der Waals surface area contributed by atoms with Crippen molar-refractivity contribution in [2.75, 3.05) is 39.3 Å². The molecule has 1 saturated heterocycles. The van der Waals surface area contributed by atoms with Crippen LogP contribution in [0.1, 0.15) is 16.9 Å². The van der Waals surface area contributed by atoms with E-state index in [-0.39, 0.29) is 5.91 Å². The van der Waals surface area contributed by atoms with Crippen LogP contribution in [0.2, 0.25) is 5.02 Å². The molecule has 1 aromatic carbocycles. The number of piperazine rings is 1. The van der Waals surface area contributed by atoms with Crippen LogP contribution < -0.4 is 10.6 Å². The minimum absolute atomic E-state index is 0.122. The maximum atomic E-state index is 12.2. The quantitative estimate of drug-likeness (QED) is 0.696. The number of nitrogens with one attached hydrogen (secondary N) is 3. The second-order valence-electron chi connectivity index (χ2n) is 5.87. The van der Waals surface area contributed by atoms with E-state index in [2.05, 4.69) is 25.7 Å². The summed E-state index contributed by atoms with van der Waals surface area (Å²) in [6.07, 6.45) is 0.948. The lowest BCUT2D eigenvalue weighted by Crippen LogP contribution is -2.44. The van der Waals surface area contributed by atoms with Gasteiger partial charge in [0.05, 0.1) is 5.69 Å². The van der Waals surface area contributed by atoms with Gasteiger partial charge in [-0.25, -0.2) is 0 Å². The van der Waals surface area contributed by atoms with Gasteiger partial charge in [0.15, 0.2) is 0 Å². The minimum Gasteiger partial charge on any atom is -0.351 e. The Bertz CT molecular complexity index is 664. The average molecular weight is 348 g/mol. The van der Waals surface area contributed by atoms with E-state index in [9.17, 15) is 4.79 Å². The highest BCUT2D eigenvalue weighted by Gasteiger charge is 2.12. The van der Waals surface area contributed by atoms with Gasteiger partial charge in [-0.3, -0.25) is 9.89 Å². The van der Waals surface area contributed by atoms with E-state index in [0.717, 1.165) is 50.4 Å². The summed E-state index contributed by atoms with van der Waals surface area (Å²) in [4.78, 5) is 14.6. The number of rotatable bonds is 6. The first kappa shape index (κ1) is 17.0. The number of carbonyl (C=O) groups is 1. The van der Waals surface area contributed by atoms with Gasteiger partial charge in [-0.15, -0.1) is 0 Å². The van der Waals surface area contributed by atoms with Crippen molar-refractivity contribution in [3.63, 3.8) is 0 Å². The van der Waals surface area contributed by atoms with E-state index < -0.39 is 0 Å².